The number of halogens is 1. The van der Waals surface area contributed by atoms with Gasteiger partial charge in [-0.05, 0) is 18.9 Å². The van der Waals surface area contributed by atoms with Crippen molar-refractivity contribution in [1.29, 1.82) is 0 Å². The summed E-state index contributed by atoms with van der Waals surface area (Å²) in [6.45, 7) is 1.29. The van der Waals surface area contributed by atoms with Crippen LogP contribution in [0.15, 0.2) is 16.3 Å². The van der Waals surface area contributed by atoms with Gasteiger partial charge in [-0.2, -0.15) is 4.31 Å². The lowest BCUT2D eigenvalue weighted by Crippen LogP contribution is -2.27. The molecule has 0 spiro atoms. The van der Waals surface area contributed by atoms with Gasteiger partial charge in [-0.3, -0.25) is 0 Å². The molecule has 1 aromatic rings. The minimum atomic E-state index is -3.24. The molecule has 0 saturated carbocycles. The van der Waals surface area contributed by atoms with Gasteiger partial charge in [0, 0.05) is 23.3 Å². The van der Waals surface area contributed by atoms with Crippen LogP contribution in [0.25, 0.3) is 0 Å². The van der Waals surface area contributed by atoms with E-state index in [4.69, 9.17) is 11.6 Å². The fourth-order valence-corrected chi connectivity index (χ4v) is 4.54. The average molecular weight is 266 g/mol. The van der Waals surface area contributed by atoms with E-state index in [2.05, 4.69) is 0 Å². The molecule has 2 rings (SSSR count). The first-order valence-electron chi connectivity index (χ1n) is 4.78. The maximum Gasteiger partial charge on any atom is 0.243 e. The largest absolute Gasteiger partial charge is 0.243 e. The highest BCUT2D eigenvalue weighted by Crippen LogP contribution is 2.25. The van der Waals surface area contributed by atoms with Crippen molar-refractivity contribution in [3.05, 3.63) is 16.3 Å². The number of rotatable bonds is 3. The lowest BCUT2D eigenvalue weighted by atomic mass is 10.4. The summed E-state index contributed by atoms with van der Waals surface area (Å²) < 4.78 is 25.7. The van der Waals surface area contributed by atoms with Crippen LogP contribution >= 0.6 is 22.9 Å². The lowest BCUT2D eigenvalue weighted by Gasteiger charge is -2.13. The molecule has 0 atom stereocenters. The first-order chi connectivity index (χ1) is 7.14. The van der Waals surface area contributed by atoms with E-state index in [-0.39, 0.29) is 0 Å². The van der Waals surface area contributed by atoms with Gasteiger partial charge in [0.25, 0.3) is 0 Å². The maximum atomic E-state index is 12.1. The summed E-state index contributed by atoms with van der Waals surface area (Å²) in [5.41, 5.74) is 0. The normalized spacial score (nSPS) is 18.5. The van der Waals surface area contributed by atoms with Crippen molar-refractivity contribution in [3.8, 4) is 0 Å². The number of thiophene rings is 1. The van der Waals surface area contributed by atoms with Gasteiger partial charge in [-0.25, -0.2) is 8.42 Å². The highest BCUT2D eigenvalue weighted by atomic mass is 35.5. The quantitative estimate of drug-likeness (QED) is 0.787. The number of alkyl halides is 1. The van der Waals surface area contributed by atoms with E-state index in [1.165, 1.54) is 11.3 Å². The number of sulfonamides is 1. The Morgan fingerprint density at radius 2 is 2.07 bits per heavy atom. The van der Waals surface area contributed by atoms with E-state index in [0.717, 1.165) is 17.7 Å². The monoisotopic (exact) mass is 265 g/mol. The smallest absolute Gasteiger partial charge is 0.207 e. The number of hydrogen-bond acceptors (Lipinski definition) is 3. The second-order valence-corrected chi connectivity index (χ2v) is 6.69. The van der Waals surface area contributed by atoms with Crippen LogP contribution in [-0.2, 0) is 15.9 Å². The Morgan fingerprint density at radius 3 is 2.60 bits per heavy atom. The van der Waals surface area contributed by atoms with Gasteiger partial charge in [0.15, 0.2) is 0 Å². The van der Waals surface area contributed by atoms with Gasteiger partial charge in [0.1, 0.15) is 0 Å². The van der Waals surface area contributed by atoms with Gasteiger partial charge >= 0.3 is 0 Å². The molecule has 0 bridgehead atoms. The molecule has 1 aliphatic rings. The van der Waals surface area contributed by atoms with Crippen molar-refractivity contribution in [2.45, 2.75) is 23.6 Å². The molecule has 1 aromatic heterocycles. The topological polar surface area (TPSA) is 37.4 Å². The van der Waals surface area contributed by atoms with Gasteiger partial charge in [0.05, 0.1) is 10.8 Å². The summed E-state index contributed by atoms with van der Waals surface area (Å²) in [5, 5.41) is 1.67. The Morgan fingerprint density at radius 1 is 1.40 bits per heavy atom. The Hall–Kier alpha value is -0.100. The van der Waals surface area contributed by atoms with Gasteiger partial charge in [0.2, 0.25) is 10.0 Å². The lowest BCUT2D eigenvalue weighted by molar-refractivity contribution is 0.478. The first-order valence-corrected chi connectivity index (χ1v) is 7.63. The van der Waals surface area contributed by atoms with Crippen LogP contribution in [0.2, 0.25) is 0 Å². The third-order valence-electron chi connectivity index (χ3n) is 2.46. The van der Waals surface area contributed by atoms with Crippen LogP contribution in [0.3, 0.4) is 0 Å². The summed E-state index contributed by atoms with van der Waals surface area (Å²) in [6, 6.07) is 1.67. The molecule has 3 nitrogen and oxygen atoms in total. The summed E-state index contributed by atoms with van der Waals surface area (Å²) in [7, 11) is -3.24. The van der Waals surface area contributed by atoms with E-state index in [0.29, 0.717) is 23.9 Å². The molecule has 84 valence electrons. The van der Waals surface area contributed by atoms with E-state index in [1.54, 1.807) is 15.8 Å². The zero-order valence-electron chi connectivity index (χ0n) is 8.15. The van der Waals surface area contributed by atoms with Crippen molar-refractivity contribution in [3.63, 3.8) is 0 Å². The van der Waals surface area contributed by atoms with Crippen LogP contribution in [0.5, 0.6) is 0 Å². The molecule has 1 saturated heterocycles. The fraction of sp³-hybridized carbons (Fsp3) is 0.556. The summed E-state index contributed by atoms with van der Waals surface area (Å²) in [6.07, 6.45) is 1.93. The average Bonchev–Trinajstić information content (AvgIpc) is 2.89. The standard InChI is InChI=1S/C9H12ClNO2S2/c10-6-8-5-9(7-14-8)15(12,13)11-3-1-2-4-11/h5,7H,1-4,6H2. The third kappa shape index (κ3) is 2.20. The second kappa shape index (κ2) is 4.41. The predicted octanol–water partition coefficient (Wildman–Crippen LogP) is 2.27. The van der Waals surface area contributed by atoms with Crippen LogP contribution < -0.4 is 0 Å². The Labute approximate surface area is 98.7 Å². The zero-order chi connectivity index (χ0) is 10.9. The van der Waals surface area contributed by atoms with Crippen LogP contribution in [-0.4, -0.2) is 25.8 Å². The van der Waals surface area contributed by atoms with Crippen molar-refractivity contribution < 1.29 is 8.42 Å². The molecular formula is C9H12ClNO2S2. The maximum absolute atomic E-state index is 12.1. The second-order valence-electron chi connectivity index (χ2n) is 3.49. The molecular weight excluding hydrogens is 254 g/mol. The fourth-order valence-electron chi connectivity index (χ4n) is 1.64. The van der Waals surface area contributed by atoms with Crippen LogP contribution in [0.1, 0.15) is 17.7 Å². The molecule has 0 aliphatic carbocycles. The first kappa shape index (κ1) is 11.4. The molecule has 0 unspecified atom stereocenters. The Balaban J connectivity index is 2.28. The van der Waals surface area contributed by atoms with Crippen molar-refractivity contribution in [2.24, 2.45) is 0 Å². The van der Waals surface area contributed by atoms with E-state index in [1.807, 2.05) is 0 Å². The minimum Gasteiger partial charge on any atom is -0.207 e. The van der Waals surface area contributed by atoms with Crippen LogP contribution in [0.4, 0.5) is 0 Å². The molecule has 6 heteroatoms. The molecule has 15 heavy (non-hydrogen) atoms. The summed E-state index contributed by atoms with van der Waals surface area (Å²) >= 11 is 7.05. The number of nitrogens with zero attached hydrogens (tertiary/aromatic N) is 1. The van der Waals surface area contributed by atoms with Gasteiger partial charge in [-0.15, -0.1) is 22.9 Å². The van der Waals surface area contributed by atoms with Crippen molar-refractivity contribution in [2.75, 3.05) is 13.1 Å². The van der Waals surface area contributed by atoms with Gasteiger partial charge in [-0.1, -0.05) is 0 Å². The predicted molar refractivity (Wildman–Crippen MR) is 61.9 cm³/mol. The van der Waals surface area contributed by atoms with Crippen LogP contribution in [0, 0.1) is 0 Å². The molecule has 0 aromatic carbocycles. The highest BCUT2D eigenvalue weighted by molar-refractivity contribution is 7.89. The van der Waals surface area contributed by atoms with Gasteiger partial charge < -0.3 is 0 Å². The van der Waals surface area contributed by atoms with E-state index in [9.17, 15) is 8.42 Å². The third-order valence-corrected chi connectivity index (χ3v) is 5.87. The molecule has 0 radical (unpaired) electrons. The SMILES string of the molecule is O=S(=O)(c1csc(CCl)c1)N1CCCC1. The Kier molecular flexibility index (Phi) is 3.35. The number of hydrogen-bond donors (Lipinski definition) is 0. The van der Waals surface area contributed by atoms with E-state index < -0.39 is 10.0 Å². The zero-order valence-corrected chi connectivity index (χ0v) is 10.5. The van der Waals surface area contributed by atoms with Crippen molar-refractivity contribution >= 4 is 33.0 Å². The van der Waals surface area contributed by atoms with E-state index >= 15 is 0 Å². The van der Waals surface area contributed by atoms with Crippen molar-refractivity contribution in [1.82, 2.24) is 4.31 Å². The molecule has 0 amide bonds. The summed E-state index contributed by atoms with van der Waals surface area (Å²) in [5.74, 6) is 0.375. The minimum absolute atomic E-state index is 0.375. The summed E-state index contributed by atoms with van der Waals surface area (Å²) in [4.78, 5) is 1.29. The molecule has 2 heterocycles. The highest BCUT2D eigenvalue weighted by Gasteiger charge is 2.27. The molecule has 1 aliphatic heterocycles. The Bertz CT molecular complexity index is 435. The molecule has 1 fully saturated rings. The molecule has 0 N–H and O–H groups in total.